The van der Waals surface area contributed by atoms with Crippen LogP contribution in [0.3, 0.4) is 0 Å². The summed E-state index contributed by atoms with van der Waals surface area (Å²) in [6.45, 7) is 9.17. The molecule has 0 amide bonds. The van der Waals surface area contributed by atoms with Crippen molar-refractivity contribution in [2.45, 2.75) is 40.3 Å². The standard InChI is InChI=1S/C14H22F3N3/c1-5-18-11-8-10(14(15,16)17)9-12(20-11)19-7-6-13(2,3)4/h8-9H,5-7H2,1-4H3,(H2,18,19,20). The molecular weight excluding hydrogens is 267 g/mol. The van der Waals surface area contributed by atoms with Gasteiger partial charge in [0.15, 0.2) is 0 Å². The Hall–Kier alpha value is -1.46. The number of hydrogen-bond acceptors (Lipinski definition) is 3. The van der Waals surface area contributed by atoms with Crippen LogP contribution >= 0.6 is 0 Å². The first-order valence-corrected chi connectivity index (χ1v) is 6.69. The average Bonchev–Trinajstić information content (AvgIpc) is 2.26. The number of anilines is 2. The Kier molecular flexibility index (Phi) is 5.25. The SMILES string of the molecule is CCNc1cc(C(F)(F)F)cc(NCCC(C)(C)C)n1. The molecule has 0 saturated heterocycles. The fourth-order valence-corrected chi connectivity index (χ4v) is 1.62. The molecule has 0 saturated carbocycles. The Morgan fingerprint density at radius 1 is 1.05 bits per heavy atom. The summed E-state index contributed by atoms with van der Waals surface area (Å²) in [5.41, 5.74) is -0.569. The Morgan fingerprint density at radius 3 is 2.05 bits per heavy atom. The van der Waals surface area contributed by atoms with Crippen LogP contribution in [0.4, 0.5) is 24.8 Å². The monoisotopic (exact) mass is 289 g/mol. The highest BCUT2D eigenvalue weighted by Gasteiger charge is 2.31. The van der Waals surface area contributed by atoms with Gasteiger partial charge in [-0.1, -0.05) is 20.8 Å². The van der Waals surface area contributed by atoms with Crippen LogP contribution in [0, 0.1) is 5.41 Å². The van der Waals surface area contributed by atoms with Gasteiger partial charge >= 0.3 is 6.18 Å². The molecule has 1 aromatic heterocycles. The molecule has 0 bridgehead atoms. The first-order valence-electron chi connectivity index (χ1n) is 6.69. The van der Waals surface area contributed by atoms with E-state index in [0.29, 0.717) is 13.1 Å². The van der Waals surface area contributed by atoms with Crippen LogP contribution in [-0.4, -0.2) is 18.1 Å². The number of rotatable bonds is 5. The third-order valence-electron chi connectivity index (χ3n) is 2.69. The van der Waals surface area contributed by atoms with E-state index in [4.69, 9.17) is 0 Å². The molecule has 0 aliphatic heterocycles. The molecule has 0 radical (unpaired) electrons. The van der Waals surface area contributed by atoms with Gasteiger partial charge in [0.1, 0.15) is 11.6 Å². The highest BCUT2D eigenvalue weighted by atomic mass is 19.4. The predicted molar refractivity (Wildman–Crippen MR) is 76.0 cm³/mol. The average molecular weight is 289 g/mol. The number of pyridine rings is 1. The quantitative estimate of drug-likeness (QED) is 0.844. The van der Waals surface area contributed by atoms with E-state index in [1.165, 1.54) is 0 Å². The number of halogens is 3. The molecule has 1 heterocycles. The molecule has 0 aromatic carbocycles. The first-order chi connectivity index (χ1) is 9.12. The normalized spacial score (nSPS) is 12.3. The molecule has 1 rings (SSSR count). The van der Waals surface area contributed by atoms with Crippen molar-refractivity contribution in [1.29, 1.82) is 0 Å². The van der Waals surface area contributed by atoms with Crippen molar-refractivity contribution in [3.05, 3.63) is 17.7 Å². The Bertz CT molecular complexity index is 436. The number of aromatic nitrogens is 1. The van der Waals surface area contributed by atoms with Gasteiger partial charge < -0.3 is 10.6 Å². The van der Waals surface area contributed by atoms with Gasteiger partial charge in [-0.15, -0.1) is 0 Å². The van der Waals surface area contributed by atoms with Crippen LogP contribution in [0.15, 0.2) is 12.1 Å². The van der Waals surface area contributed by atoms with Crippen molar-refractivity contribution >= 4 is 11.6 Å². The lowest BCUT2D eigenvalue weighted by molar-refractivity contribution is -0.137. The molecule has 0 atom stereocenters. The Labute approximate surface area is 118 Å². The summed E-state index contributed by atoms with van der Waals surface area (Å²) >= 11 is 0. The minimum atomic E-state index is -4.37. The minimum Gasteiger partial charge on any atom is -0.370 e. The molecular formula is C14H22F3N3. The van der Waals surface area contributed by atoms with Gasteiger partial charge in [-0.05, 0) is 30.9 Å². The molecule has 20 heavy (non-hydrogen) atoms. The van der Waals surface area contributed by atoms with Crippen molar-refractivity contribution < 1.29 is 13.2 Å². The van der Waals surface area contributed by atoms with Crippen LogP contribution in [0.2, 0.25) is 0 Å². The summed E-state index contributed by atoms with van der Waals surface area (Å²) in [4.78, 5) is 4.13. The van der Waals surface area contributed by atoms with Crippen molar-refractivity contribution in [1.82, 2.24) is 4.98 Å². The fraction of sp³-hybridized carbons (Fsp3) is 0.643. The van der Waals surface area contributed by atoms with E-state index in [1.807, 2.05) is 6.92 Å². The smallest absolute Gasteiger partial charge is 0.370 e. The zero-order valence-corrected chi connectivity index (χ0v) is 12.4. The third kappa shape index (κ3) is 5.67. The summed E-state index contributed by atoms with van der Waals surface area (Å²) in [6, 6.07) is 2.07. The highest BCUT2D eigenvalue weighted by molar-refractivity contribution is 5.49. The van der Waals surface area contributed by atoms with E-state index in [-0.39, 0.29) is 17.1 Å². The second-order valence-corrected chi connectivity index (χ2v) is 5.89. The van der Waals surface area contributed by atoms with Crippen LogP contribution in [0.5, 0.6) is 0 Å². The second kappa shape index (κ2) is 6.33. The van der Waals surface area contributed by atoms with E-state index >= 15 is 0 Å². The molecule has 0 spiro atoms. The van der Waals surface area contributed by atoms with Crippen molar-refractivity contribution in [2.75, 3.05) is 23.7 Å². The van der Waals surface area contributed by atoms with Gasteiger partial charge in [0, 0.05) is 13.1 Å². The molecule has 3 nitrogen and oxygen atoms in total. The van der Waals surface area contributed by atoms with Crippen LogP contribution in [-0.2, 0) is 6.18 Å². The van der Waals surface area contributed by atoms with E-state index in [0.717, 1.165) is 18.6 Å². The lowest BCUT2D eigenvalue weighted by Gasteiger charge is -2.19. The first kappa shape index (κ1) is 16.6. The zero-order chi connectivity index (χ0) is 15.4. The molecule has 0 fully saturated rings. The Balaban J connectivity index is 2.86. The number of hydrogen-bond donors (Lipinski definition) is 2. The summed E-state index contributed by atoms with van der Waals surface area (Å²) in [6.07, 6.45) is -3.52. The maximum absolute atomic E-state index is 12.8. The number of nitrogens with one attached hydrogen (secondary N) is 2. The fourth-order valence-electron chi connectivity index (χ4n) is 1.62. The summed E-state index contributed by atoms with van der Waals surface area (Å²) < 4.78 is 38.4. The van der Waals surface area contributed by atoms with Crippen LogP contribution in [0.1, 0.15) is 39.7 Å². The topological polar surface area (TPSA) is 37.0 Å². The van der Waals surface area contributed by atoms with E-state index in [2.05, 4.69) is 36.4 Å². The molecule has 0 unspecified atom stereocenters. The lowest BCUT2D eigenvalue weighted by Crippen LogP contribution is -2.15. The van der Waals surface area contributed by atoms with Gasteiger partial charge in [-0.2, -0.15) is 13.2 Å². The van der Waals surface area contributed by atoms with Crippen molar-refractivity contribution in [2.24, 2.45) is 5.41 Å². The van der Waals surface area contributed by atoms with E-state index in [9.17, 15) is 13.2 Å². The summed E-state index contributed by atoms with van der Waals surface area (Å²) in [5.74, 6) is 0.487. The minimum absolute atomic E-state index is 0.124. The molecule has 1 aromatic rings. The summed E-state index contributed by atoms with van der Waals surface area (Å²) in [5, 5.41) is 5.78. The molecule has 0 aliphatic rings. The molecule has 2 N–H and O–H groups in total. The van der Waals surface area contributed by atoms with Crippen molar-refractivity contribution in [3.63, 3.8) is 0 Å². The second-order valence-electron chi connectivity index (χ2n) is 5.89. The van der Waals surface area contributed by atoms with Crippen LogP contribution < -0.4 is 10.6 Å². The maximum atomic E-state index is 12.8. The maximum Gasteiger partial charge on any atom is 0.416 e. The van der Waals surface area contributed by atoms with Gasteiger partial charge in [0.05, 0.1) is 5.56 Å². The van der Waals surface area contributed by atoms with Gasteiger partial charge in [0.25, 0.3) is 0 Å². The zero-order valence-electron chi connectivity index (χ0n) is 12.4. The largest absolute Gasteiger partial charge is 0.416 e. The van der Waals surface area contributed by atoms with Crippen LogP contribution in [0.25, 0.3) is 0 Å². The highest BCUT2D eigenvalue weighted by Crippen LogP contribution is 2.32. The van der Waals surface area contributed by atoms with Gasteiger partial charge in [-0.25, -0.2) is 4.98 Å². The van der Waals surface area contributed by atoms with Gasteiger partial charge in [-0.3, -0.25) is 0 Å². The number of nitrogens with zero attached hydrogens (tertiary/aromatic N) is 1. The lowest BCUT2D eigenvalue weighted by atomic mass is 9.92. The number of alkyl halides is 3. The summed E-state index contributed by atoms with van der Waals surface area (Å²) in [7, 11) is 0. The molecule has 114 valence electrons. The predicted octanol–water partition coefficient (Wildman–Crippen LogP) is 4.38. The van der Waals surface area contributed by atoms with Gasteiger partial charge in [0.2, 0.25) is 0 Å². The van der Waals surface area contributed by atoms with E-state index in [1.54, 1.807) is 0 Å². The van der Waals surface area contributed by atoms with E-state index < -0.39 is 11.7 Å². The third-order valence-corrected chi connectivity index (χ3v) is 2.69. The van der Waals surface area contributed by atoms with Crippen molar-refractivity contribution in [3.8, 4) is 0 Å². The molecule has 6 heteroatoms. The molecule has 0 aliphatic carbocycles. The Morgan fingerprint density at radius 2 is 1.60 bits per heavy atom.